The monoisotopic (exact) mass is 289 g/mol. The minimum absolute atomic E-state index is 0.0584. The fourth-order valence-electron chi connectivity index (χ4n) is 1.50. The van der Waals surface area contributed by atoms with Crippen molar-refractivity contribution in [3.05, 3.63) is 24.0 Å². The zero-order valence-corrected chi connectivity index (χ0v) is 11.8. The van der Waals surface area contributed by atoms with Gasteiger partial charge >= 0.3 is 0 Å². The van der Waals surface area contributed by atoms with Crippen molar-refractivity contribution in [3.8, 4) is 0 Å². The van der Waals surface area contributed by atoms with Crippen LogP contribution in [-0.4, -0.2) is 46.9 Å². The molecule has 0 saturated heterocycles. The fourth-order valence-corrected chi connectivity index (χ4v) is 2.76. The highest BCUT2D eigenvalue weighted by Gasteiger charge is 2.20. The summed E-state index contributed by atoms with van der Waals surface area (Å²) in [5.41, 5.74) is 5.81. The second kappa shape index (κ2) is 7.51. The molecule has 7 nitrogen and oxygen atoms in total. The van der Waals surface area contributed by atoms with Crippen molar-refractivity contribution in [1.29, 1.82) is 0 Å². The highest BCUT2D eigenvalue weighted by Crippen LogP contribution is 2.12. The van der Waals surface area contributed by atoms with Crippen LogP contribution in [0.2, 0.25) is 0 Å². The van der Waals surface area contributed by atoms with Crippen LogP contribution in [0.4, 0.5) is 0 Å². The standard InChI is InChI=1S/C11H19N3O4S/c1-17-8-9(18-2)7-14-19(15,16)11-4-3-5-13-10(11)6-12/h3-5,9,14H,6-8,12H2,1-2H3. The highest BCUT2D eigenvalue weighted by atomic mass is 32.2. The van der Waals surface area contributed by atoms with Crippen LogP contribution < -0.4 is 10.5 Å². The van der Waals surface area contributed by atoms with Gasteiger partial charge in [-0.2, -0.15) is 0 Å². The van der Waals surface area contributed by atoms with E-state index < -0.39 is 10.0 Å². The summed E-state index contributed by atoms with van der Waals surface area (Å²) in [6.07, 6.45) is 1.15. The Morgan fingerprint density at radius 1 is 1.47 bits per heavy atom. The van der Waals surface area contributed by atoms with E-state index in [1.54, 1.807) is 6.07 Å². The lowest BCUT2D eigenvalue weighted by Crippen LogP contribution is -2.36. The Labute approximate surface area is 113 Å². The van der Waals surface area contributed by atoms with E-state index in [9.17, 15) is 8.42 Å². The normalized spacial score (nSPS) is 13.4. The number of nitrogens with two attached hydrogens (primary N) is 1. The van der Waals surface area contributed by atoms with Crippen LogP contribution in [0.5, 0.6) is 0 Å². The van der Waals surface area contributed by atoms with Crippen molar-refractivity contribution in [2.75, 3.05) is 27.4 Å². The minimum atomic E-state index is -3.65. The number of hydrogen-bond acceptors (Lipinski definition) is 6. The Morgan fingerprint density at radius 3 is 2.79 bits per heavy atom. The lowest BCUT2D eigenvalue weighted by atomic mass is 10.3. The van der Waals surface area contributed by atoms with Gasteiger partial charge in [0.25, 0.3) is 0 Å². The smallest absolute Gasteiger partial charge is 0.242 e. The number of ether oxygens (including phenoxy) is 2. The Balaban J connectivity index is 2.81. The molecule has 0 spiro atoms. The third-order valence-corrected chi connectivity index (χ3v) is 4.02. The van der Waals surface area contributed by atoms with Crippen LogP contribution in [-0.2, 0) is 26.0 Å². The molecule has 1 aromatic heterocycles. The lowest BCUT2D eigenvalue weighted by molar-refractivity contribution is 0.0320. The molecule has 0 aliphatic rings. The van der Waals surface area contributed by atoms with Crippen molar-refractivity contribution >= 4 is 10.0 Å². The van der Waals surface area contributed by atoms with Crippen LogP contribution in [0.25, 0.3) is 0 Å². The summed E-state index contributed by atoms with van der Waals surface area (Å²) in [6, 6.07) is 3.02. The largest absolute Gasteiger partial charge is 0.382 e. The molecule has 1 unspecified atom stereocenters. The number of aromatic nitrogens is 1. The first-order valence-electron chi connectivity index (χ1n) is 5.70. The Kier molecular flexibility index (Phi) is 6.32. The van der Waals surface area contributed by atoms with Gasteiger partial charge in [-0.25, -0.2) is 13.1 Å². The molecule has 0 amide bonds. The molecule has 0 radical (unpaired) electrons. The summed E-state index contributed by atoms with van der Waals surface area (Å²) in [5, 5.41) is 0. The van der Waals surface area contributed by atoms with Crippen LogP contribution >= 0.6 is 0 Å². The summed E-state index contributed by atoms with van der Waals surface area (Å²) in [4.78, 5) is 4.03. The number of pyridine rings is 1. The summed E-state index contributed by atoms with van der Waals surface area (Å²) < 4.78 is 36.7. The van der Waals surface area contributed by atoms with Gasteiger partial charge in [-0.05, 0) is 12.1 Å². The Hall–Kier alpha value is -1.06. The molecule has 1 atom stereocenters. The predicted molar refractivity (Wildman–Crippen MR) is 70.0 cm³/mol. The summed E-state index contributed by atoms with van der Waals surface area (Å²) in [5.74, 6) is 0. The zero-order valence-electron chi connectivity index (χ0n) is 11.0. The van der Waals surface area contributed by atoms with E-state index in [4.69, 9.17) is 15.2 Å². The predicted octanol–water partition coefficient (Wildman–Crippen LogP) is -0.520. The number of rotatable bonds is 8. The van der Waals surface area contributed by atoms with E-state index in [0.29, 0.717) is 12.3 Å². The second-order valence-corrected chi connectivity index (χ2v) is 5.55. The topological polar surface area (TPSA) is 104 Å². The minimum Gasteiger partial charge on any atom is -0.382 e. The number of hydrogen-bond donors (Lipinski definition) is 2. The quantitative estimate of drug-likeness (QED) is 0.667. The molecule has 3 N–H and O–H groups in total. The molecule has 0 aromatic carbocycles. The van der Waals surface area contributed by atoms with Crippen LogP contribution in [0.15, 0.2) is 23.2 Å². The SMILES string of the molecule is COCC(CNS(=O)(=O)c1cccnc1CN)OC. The van der Waals surface area contributed by atoms with Crippen molar-refractivity contribution in [2.24, 2.45) is 5.73 Å². The van der Waals surface area contributed by atoms with E-state index in [2.05, 4.69) is 9.71 Å². The molecular formula is C11H19N3O4S. The molecule has 1 rings (SSSR count). The molecule has 1 heterocycles. The molecule has 0 fully saturated rings. The second-order valence-electron chi connectivity index (χ2n) is 3.82. The third kappa shape index (κ3) is 4.51. The van der Waals surface area contributed by atoms with E-state index in [0.717, 1.165) is 0 Å². The number of nitrogens with one attached hydrogen (secondary N) is 1. The molecule has 19 heavy (non-hydrogen) atoms. The highest BCUT2D eigenvalue weighted by molar-refractivity contribution is 7.89. The third-order valence-electron chi connectivity index (χ3n) is 2.52. The molecular weight excluding hydrogens is 270 g/mol. The summed E-state index contributed by atoms with van der Waals surface area (Å²) >= 11 is 0. The first-order chi connectivity index (χ1) is 9.05. The van der Waals surface area contributed by atoms with Gasteiger partial charge < -0.3 is 15.2 Å². The fraction of sp³-hybridized carbons (Fsp3) is 0.545. The summed E-state index contributed by atoms with van der Waals surface area (Å²) in [6.45, 7) is 0.476. The first-order valence-corrected chi connectivity index (χ1v) is 7.18. The van der Waals surface area contributed by atoms with E-state index in [1.165, 1.54) is 26.5 Å². The van der Waals surface area contributed by atoms with Crippen LogP contribution in [0.1, 0.15) is 5.69 Å². The number of methoxy groups -OCH3 is 2. The van der Waals surface area contributed by atoms with Gasteiger partial charge in [-0.1, -0.05) is 0 Å². The van der Waals surface area contributed by atoms with E-state index in [1.807, 2.05) is 0 Å². The van der Waals surface area contributed by atoms with Crippen LogP contribution in [0, 0.1) is 0 Å². The maximum Gasteiger partial charge on any atom is 0.242 e. The molecule has 0 aliphatic carbocycles. The zero-order chi connectivity index (χ0) is 14.3. The number of nitrogens with zero attached hydrogens (tertiary/aromatic N) is 1. The molecule has 8 heteroatoms. The Morgan fingerprint density at radius 2 is 2.21 bits per heavy atom. The van der Waals surface area contributed by atoms with Crippen molar-refractivity contribution in [2.45, 2.75) is 17.5 Å². The first kappa shape index (κ1) is 16.0. The van der Waals surface area contributed by atoms with Crippen molar-refractivity contribution in [3.63, 3.8) is 0 Å². The van der Waals surface area contributed by atoms with Crippen LogP contribution in [0.3, 0.4) is 0 Å². The van der Waals surface area contributed by atoms with Gasteiger partial charge in [0.15, 0.2) is 0 Å². The number of sulfonamides is 1. The van der Waals surface area contributed by atoms with Gasteiger partial charge in [0, 0.05) is 33.5 Å². The average molecular weight is 289 g/mol. The molecule has 0 aliphatic heterocycles. The maximum atomic E-state index is 12.1. The van der Waals surface area contributed by atoms with Gasteiger partial charge in [0.1, 0.15) is 4.90 Å². The van der Waals surface area contributed by atoms with E-state index >= 15 is 0 Å². The molecule has 108 valence electrons. The van der Waals surface area contributed by atoms with E-state index in [-0.39, 0.29) is 24.1 Å². The molecule has 0 bridgehead atoms. The summed E-state index contributed by atoms with van der Waals surface area (Å²) in [7, 11) is -0.639. The average Bonchev–Trinajstić information content (AvgIpc) is 2.43. The van der Waals surface area contributed by atoms with Crippen molar-refractivity contribution < 1.29 is 17.9 Å². The molecule has 0 saturated carbocycles. The molecule has 1 aromatic rings. The Bertz CT molecular complexity index is 492. The van der Waals surface area contributed by atoms with Gasteiger partial charge in [0.05, 0.1) is 18.4 Å². The maximum absolute atomic E-state index is 12.1. The van der Waals surface area contributed by atoms with Gasteiger partial charge in [-0.15, -0.1) is 0 Å². The van der Waals surface area contributed by atoms with Crippen molar-refractivity contribution in [1.82, 2.24) is 9.71 Å². The lowest BCUT2D eigenvalue weighted by Gasteiger charge is -2.15. The van der Waals surface area contributed by atoms with Gasteiger partial charge in [0.2, 0.25) is 10.0 Å². The van der Waals surface area contributed by atoms with Gasteiger partial charge in [-0.3, -0.25) is 4.98 Å².